The fraction of sp³-hybridized carbons (Fsp3) is 0.167. The Balaban J connectivity index is 2.18. The molecule has 7 heteroatoms. The van der Waals surface area contributed by atoms with E-state index < -0.39 is 22.4 Å². The smallest absolute Gasteiger partial charge is 0.337 e. The van der Waals surface area contributed by atoms with E-state index in [1.165, 1.54) is 19.3 Å². The molecular formula is C18H14FNO4S. The Labute approximate surface area is 147 Å². The van der Waals surface area contributed by atoms with Gasteiger partial charge >= 0.3 is 5.54 Å². The van der Waals surface area contributed by atoms with Crippen LogP contribution in [0.25, 0.3) is 5.57 Å². The van der Waals surface area contributed by atoms with Crippen molar-refractivity contribution in [3.8, 4) is 0 Å². The number of methoxy groups -OCH3 is 1. The van der Waals surface area contributed by atoms with Crippen molar-refractivity contribution in [2.75, 3.05) is 7.11 Å². The molecule has 0 amide bonds. The van der Waals surface area contributed by atoms with Crippen molar-refractivity contribution in [2.45, 2.75) is 11.7 Å². The van der Waals surface area contributed by atoms with E-state index in [1.54, 1.807) is 41.8 Å². The molecule has 0 spiro atoms. The third kappa shape index (κ3) is 2.66. The predicted molar refractivity (Wildman–Crippen MR) is 92.8 cm³/mol. The fourth-order valence-corrected chi connectivity index (χ4v) is 3.57. The van der Waals surface area contributed by atoms with Crippen LogP contribution in [0.4, 0.5) is 4.39 Å². The number of hydrogen-bond acceptors (Lipinski definition) is 5. The van der Waals surface area contributed by atoms with Gasteiger partial charge in [-0.3, -0.25) is 14.9 Å². The van der Waals surface area contributed by atoms with Crippen molar-refractivity contribution >= 4 is 22.7 Å². The highest BCUT2D eigenvalue weighted by Crippen LogP contribution is 2.40. The summed E-state index contributed by atoms with van der Waals surface area (Å²) in [6.07, 6.45) is 0.108. The zero-order valence-corrected chi connectivity index (χ0v) is 14.0. The SMILES string of the molecule is COC1=C(c2ccccc2)C(F)C(C(=O)c2cccs2)([N+](=O)[O-])C=C1. The van der Waals surface area contributed by atoms with Crippen LogP contribution in [0.5, 0.6) is 0 Å². The van der Waals surface area contributed by atoms with Crippen LogP contribution < -0.4 is 0 Å². The molecule has 2 atom stereocenters. The van der Waals surface area contributed by atoms with E-state index >= 15 is 4.39 Å². The van der Waals surface area contributed by atoms with Crippen molar-refractivity contribution in [1.82, 2.24) is 0 Å². The summed E-state index contributed by atoms with van der Waals surface area (Å²) >= 11 is 1.04. The second-order valence-electron chi connectivity index (χ2n) is 5.43. The van der Waals surface area contributed by atoms with Gasteiger partial charge in [-0.15, -0.1) is 11.3 Å². The Hall–Kier alpha value is -2.80. The maximum atomic E-state index is 15.5. The van der Waals surface area contributed by atoms with Gasteiger partial charge < -0.3 is 4.74 Å². The molecule has 0 bridgehead atoms. The number of carbonyl (C=O) groups excluding carboxylic acids is 1. The first kappa shape index (κ1) is 17.0. The fourth-order valence-electron chi connectivity index (χ4n) is 2.84. The number of rotatable bonds is 5. The minimum atomic E-state index is -2.52. The van der Waals surface area contributed by atoms with Gasteiger partial charge in [0, 0.05) is 16.6 Å². The van der Waals surface area contributed by atoms with E-state index in [1.807, 2.05) is 0 Å². The van der Waals surface area contributed by atoms with Crippen LogP contribution in [-0.2, 0) is 4.74 Å². The molecule has 0 aliphatic heterocycles. The van der Waals surface area contributed by atoms with Crippen LogP contribution in [0.15, 0.2) is 65.8 Å². The van der Waals surface area contributed by atoms with E-state index in [9.17, 15) is 14.9 Å². The number of nitrogens with zero attached hydrogens (tertiary/aromatic N) is 1. The topological polar surface area (TPSA) is 69.4 Å². The largest absolute Gasteiger partial charge is 0.496 e. The van der Waals surface area contributed by atoms with Crippen LogP contribution >= 0.6 is 11.3 Å². The number of ketones is 1. The number of alkyl halides is 1. The summed E-state index contributed by atoms with van der Waals surface area (Å²) in [4.78, 5) is 23.9. The Morgan fingerprint density at radius 1 is 1.28 bits per heavy atom. The van der Waals surface area contributed by atoms with Gasteiger partial charge in [0.15, 0.2) is 0 Å². The van der Waals surface area contributed by atoms with Crippen LogP contribution in [0, 0.1) is 10.1 Å². The lowest BCUT2D eigenvalue weighted by Crippen LogP contribution is -2.54. The minimum absolute atomic E-state index is 0.00722. The minimum Gasteiger partial charge on any atom is -0.496 e. The van der Waals surface area contributed by atoms with E-state index in [0.717, 1.165) is 17.4 Å². The molecule has 2 unspecified atom stereocenters. The highest BCUT2D eigenvalue weighted by molar-refractivity contribution is 7.12. The number of halogens is 1. The second-order valence-corrected chi connectivity index (χ2v) is 6.38. The molecule has 2 aromatic rings. The van der Waals surface area contributed by atoms with Gasteiger partial charge in [0.25, 0.3) is 5.78 Å². The second kappa shape index (κ2) is 6.60. The number of hydrogen-bond donors (Lipinski definition) is 0. The normalized spacial score (nSPS) is 22.7. The van der Waals surface area contributed by atoms with Gasteiger partial charge in [-0.05, 0) is 23.1 Å². The Bertz CT molecular complexity index is 860. The summed E-state index contributed by atoms with van der Waals surface area (Å²) < 4.78 is 20.7. The molecule has 1 aromatic carbocycles. The molecule has 3 rings (SSSR count). The molecule has 5 nitrogen and oxygen atoms in total. The van der Waals surface area contributed by atoms with Crippen molar-refractivity contribution in [2.24, 2.45) is 0 Å². The first-order valence-electron chi connectivity index (χ1n) is 7.42. The van der Waals surface area contributed by atoms with Crippen molar-refractivity contribution in [3.63, 3.8) is 0 Å². The Morgan fingerprint density at radius 2 is 2.00 bits per heavy atom. The highest BCUT2D eigenvalue weighted by Gasteiger charge is 2.60. The van der Waals surface area contributed by atoms with Gasteiger partial charge in [0.05, 0.1) is 12.0 Å². The monoisotopic (exact) mass is 359 g/mol. The predicted octanol–water partition coefficient (Wildman–Crippen LogP) is 3.91. The first-order chi connectivity index (χ1) is 12.0. The van der Waals surface area contributed by atoms with Crippen LogP contribution in [0.1, 0.15) is 15.2 Å². The van der Waals surface area contributed by atoms with E-state index in [2.05, 4.69) is 0 Å². The molecule has 128 valence electrons. The number of nitro groups is 1. The molecule has 1 aliphatic rings. The van der Waals surface area contributed by atoms with Gasteiger partial charge in [-0.1, -0.05) is 36.4 Å². The molecule has 0 saturated heterocycles. The molecule has 0 N–H and O–H groups in total. The Morgan fingerprint density at radius 3 is 2.56 bits per heavy atom. The first-order valence-corrected chi connectivity index (χ1v) is 8.30. The Kier molecular flexibility index (Phi) is 4.50. The number of Topliss-reactive ketones (excluding diaryl/α,β-unsaturated/α-hetero) is 1. The van der Waals surface area contributed by atoms with Crippen LogP contribution in [0.3, 0.4) is 0 Å². The molecule has 1 heterocycles. The van der Waals surface area contributed by atoms with Crippen molar-refractivity contribution < 1.29 is 18.8 Å². The lowest BCUT2D eigenvalue weighted by molar-refractivity contribution is -0.541. The number of thiophene rings is 1. The molecule has 0 radical (unpaired) electrons. The van der Waals surface area contributed by atoms with Gasteiger partial charge in [-0.25, -0.2) is 4.39 Å². The van der Waals surface area contributed by atoms with E-state index in [-0.39, 0.29) is 16.2 Å². The molecule has 1 aromatic heterocycles. The van der Waals surface area contributed by atoms with Gasteiger partial charge in [0.1, 0.15) is 5.76 Å². The van der Waals surface area contributed by atoms with Gasteiger partial charge in [-0.2, -0.15) is 0 Å². The summed E-state index contributed by atoms with van der Waals surface area (Å²) in [6, 6.07) is 11.4. The molecule has 0 fully saturated rings. The maximum Gasteiger partial charge on any atom is 0.337 e. The average molecular weight is 359 g/mol. The lowest BCUT2D eigenvalue weighted by Gasteiger charge is -2.29. The third-order valence-corrected chi connectivity index (χ3v) is 4.98. The highest BCUT2D eigenvalue weighted by atomic mass is 32.1. The van der Waals surface area contributed by atoms with Crippen LogP contribution in [0.2, 0.25) is 0 Å². The average Bonchev–Trinajstić information content (AvgIpc) is 3.16. The molecular weight excluding hydrogens is 345 g/mol. The van der Waals surface area contributed by atoms with Gasteiger partial charge in [0.2, 0.25) is 6.17 Å². The standard InChI is InChI=1S/C18H14FNO4S/c1-24-13-9-10-18(20(22)23,17(21)14-8-5-11-25-14)16(19)15(13)12-6-3-2-4-7-12/h2-11,16H,1H3. The summed E-state index contributed by atoms with van der Waals surface area (Å²) in [6.45, 7) is 0. The molecule has 1 aliphatic carbocycles. The third-order valence-electron chi connectivity index (χ3n) is 4.11. The van der Waals surface area contributed by atoms with E-state index in [0.29, 0.717) is 5.56 Å². The quantitative estimate of drug-likeness (QED) is 0.461. The van der Waals surface area contributed by atoms with Crippen LogP contribution in [-0.4, -0.2) is 29.5 Å². The summed E-state index contributed by atoms with van der Waals surface area (Å²) in [5.41, 5.74) is -2.09. The zero-order valence-electron chi connectivity index (χ0n) is 13.2. The molecule has 25 heavy (non-hydrogen) atoms. The number of allylic oxidation sites excluding steroid dienone is 1. The number of benzene rings is 1. The number of carbonyl (C=O) groups is 1. The summed E-state index contributed by atoms with van der Waals surface area (Å²) in [7, 11) is 1.36. The van der Waals surface area contributed by atoms with E-state index in [4.69, 9.17) is 4.74 Å². The molecule has 0 saturated carbocycles. The number of ether oxygens (including phenoxy) is 1. The summed E-state index contributed by atoms with van der Waals surface area (Å²) in [5.74, 6) is -0.713. The van der Waals surface area contributed by atoms with Crippen molar-refractivity contribution in [1.29, 1.82) is 0 Å². The maximum absolute atomic E-state index is 15.5. The van der Waals surface area contributed by atoms with Crippen molar-refractivity contribution in [3.05, 3.63) is 86.3 Å². The summed E-state index contributed by atoms with van der Waals surface area (Å²) in [5, 5.41) is 13.5. The lowest BCUT2D eigenvalue weighted by atomic mass is 9.78. The zero-order chi connectivity index (χ0) is 18.0.